The van der Waals surface area contributed by atoms with Gasteiger partial charge in [-0.2, -0.15) is 16.8 Å². The van der Waals surface area contributed by atoms with Gasteiger partial charge in [-0.15, -0.1) is 0 Å². The predicted octanol–water partition coefficient (Wildman–Crippen LogP) is 13.7. The molecule has 10 rings (SSSR count). The molecule has 6 aromatic heterocycles. The second-order valence-corrected chi connectivity index (χ2v) is 33.9. The molecule has 8 bridgehead atoms. The standard InChI is InChI=1S/C35H48N6O3S.C35H46N6O3S/c2*1-33(2,3)18-16-23-17-19-36-27(20-23)26-14-12-24-21-35(7,8)41(22-24)31-25(13-15-28(38-31)34(4,5)6)32(42)40-45(43,44)30-11-9-10-29(37-26)39-30/h9-11,13,15,17,19-20,24,26H,12,14,16,18,21-22H2,1-8H3,(H,37,39)(H,40,42);9-11,13,15-20,24,26H,12,14,21-22H2,1-8H3,(H,37,39)(H,40,42)/b;18-16+/t2*24-,26?/m00/s1. The molecular formula is C70H94N12O6S2. The van der Waals surface area contributed by atoms with Crippen molar-refractivity contribution in [3.63, 3.8) is 0 Å². The molecule has 4 aliphatic rings. The van der Waals surface area contributed by atoms with Crippen LogP contribution < -0.4 is 29.9 Å². The Kier molecular flexibility index (Phi) is 18.9. The lowest BCUT2D eigenvalue weighted by Gasteiger charge is -2.34. The molecule has 2 unspecified atom stereocenters. The molecule has 20 heteroatoms. The average Bonchev–Trinajstić information content (AvgIpc) is 1.53. The van der Waals surface area contributed by atoms with Crippen molar-refractivity contribution in [1.82, 2.24) is 39.3 Å². The fourth-order valence-electron chi connectivity index (χ4n) is 12.4. The minimum absolute atomic E-state index is 0.0400. The fourth-order valence-corrected chi connectivity index (χ4v) is 14.2. The minimum Gasteiger partial charge on any atom is -0.362 e. The summed E-state index contributed by atoms with van der Waals surface area (Å²) in [7, 11) is -8.56. The van der Waals surface area contributed by atoms with Crippen LogP contribution in [0.1, 0.15) is 222 Å². The van der Waals surface area contributed by atoms with Crippen LogP contribution in [0.4, 0.5) is 23.3 Å². The summed E-state index contributed by atoms with van der Waals surface area (Å²) < 4.78 is 58.6. The first-order chi connectivity index (χ1) is 41.8. The summed E-state index contributed by atoms with van der Waals surface area (Å²) >= 11 is 0. The van der Waals surface area contributed by atoms with Crippen molar-refractivity contribution in [2.75, 3.05) is 33.5 Å². The number of carbonyl (C=O) groups excluding carboxylic acids is 2. The van der Waals surface area contributed by atoms with Crippen LogP contribution in [0.15, 0.2) is 113 Å². The zero-order valence-electron chi connectivity index (χ0n) is 55.6. The van der Waals surface area contributed by atoms with Gasteiger partial charge in [0.25, 0.3) is 31.9 Å². The highest BCUT2D eigenvalue weighted by molar-refractivity contribution is 7.90. The molecule has 18 nitrogen and oxygen atoms in total. The number of rotatable bonds is 5. The number of fused-ring (bicyclic) bond motifs is 12. The molecule has 10 heterocycles. The molecule has 0 aliphatic carbocycles. The summed E-state index contributed by atoms with van der Waals surface area (Å²) in [5.41, 5.74) is 5.32. The molecular weight excluding hydrogens is 1170 g/mol. The molecule has 4 aliphatic heterocycles. The van der Waals surface area contributed by atoms with Crippen molar-refractivity contribution in [2.45, 2.75) is 206 Å². The van der Waals surface area contributed by atoms with Gasteiger partial charge >= 0.3 is 0 Å². The highest BCUT2D eigenvalue weighted by atomic mass is 32.2. The number of nitrogens with one attached hydrogen (secondary N) is 4. The van der Waals surface area contributed by atoms with Gasteiger partial charge in [-0.1, -0.05) is 107 Å². The molecule has 6 aromatic rings. The van der Waals surface area contributed by atoms with E-state index in [0.29, 0.717) is 48.2 Å². The van der Waals surface area contributed by atoms with Gasteiger partial charge in [0.05, 0.1) is 34.6 Å². The Bertz CT molecular complexity index is 3900. The number of hydrogen-bond donors (Lipinski definition) is 4. The van der Waals surface area contributed by atoms with Crippen molar-refractivity contribution in [3.8, 4) is 0 Å². The van der Waals surface area contributed by atoms with Crippen LogP contribution in [0.25, 0.3) is 6.08 Å². The molecule has 0 aromatic carbocycles. The summed E-state index contributed by atoms with van der Waals surface area (Å²) in [6, 6.07) is 24.5. The zero-order valence-corrected chi connectivity index (χ0v) is 57.2. The lowest BCUT2D eigenvalue weighted by atomic mass is 9.88. The largest absolute Gasteiger partial charge is 0.362 e. The lowest BCUT2D eigenvalue weighted by molar-refractivity contribution is 0.0972. The number of allylic oxidation sites excluding steroid dienone is 1. The van der Waals surface area contributed by atoms with E-state index in [9.17, 15) is 26.4 Å². The summed E-state index contributed by atoms with van der Waals surface area (Å²) in [6.45, 7) is 35.7. The second-order valence-electron chi connectivity index (χ2n) is 30.6. The number of amides is 2. The molecule has 90 heavy (non-hydrogen) atoms. The van der Waals surface area contributed by atoms with Crippen LogP contribution in [0.5, 0.6) is 0 Å². The Morgan fingerprint density at radius 1 is 0.556 bits per heavy atom. The number of nitrogens with zero attached hydrogens (tertiary/aromatic N) is 8. The number of carbonyl (C=O) groups is 2. The number of aromatic nitrogens is 6. The second kappa shape index (κ2) is 25.4. The van der Waals surface area contributed by atoms with E-state index < -0.39 is 31.9 Å². The highest BCUT2D eigenvalue weighted by Gasteiger charge is 2.44. The third-order valence-electron chi connectivity index (χ3n) is 17.3. The smallest absolute Gasteiger partial charge is 0.281 e. The Balaban J connectivity index is 0.000000213. The monoisotopic (exact) mass is 1260 g/mol. The van der Waals surface area contributed by atoms with Gasteiger partial charge in [0.15, 0.2) is 10.1 Å². The lowest BCUT2D eigenvalue weighted by Crippen LogP contribution is -2.41. The van der Waals surface area contributed by atoms with Gasteiger partial charge in [0.1, 0.15) is 23.3 Å². The SMILES string of the molecule is CC(C)(C)/C=C/c1ccnc(C2CC[C@@H]3CN(c4nc(C(C)(C)C)ccc4C(=O)NS(=O)(=O)c4cccc(n4)N2)C(C)(C)C3)c1.CC(C)(C)CCc1ccnc(C2CC[C@@H]3CN(c4nc(C(C)(C)C)ccc4C(=O)NS(=O)(=O)c4cccc(n4)N2)C(C)(C)C3)c1. The first kappa shape index (κ1) is 67.1. The van der Waals surface area contributed by atoms with Gasteiger partial charge < -0.3 is 20.4 Å². The maximum atomic E-state index is 13.7. The maximum Gasteiger partial charge on any atom is 0.281 e. The zero-order chi connectivity index (χ0) is 65.6. The van der Waals surface area contributed by atoms with Crippen molar-refractivity contribution >= 4 is 61.2 Å². The molecule has 0 saturated carbocycles. The van der Waals surface area contributed by atoms with E-state index >= 15 is 0 Å². The van der Waals surface area contributed by atoms with E-state index in [1.807, 2.05) is 30.6 Å². The molecule has 2 saturated heterocycles. The third-order valence-corrected chi connectivity index (χ3v) is 19.8. The van der Waals surface area contributed by atoms with E-state index in [1.165, 1.54) is 17.7 Å². The molecule has 482 valence electrons. The average molecular weight is 1260 g/mol. The van der Waals surface area contributed by atoms with E-state index in [1.54, 1.807) is 36.4 Å². The first-order valence-electron chi connectivity index (χ1n) is 31.6. The molecule has 2 amide bonds. The van der Waals surface area contributed by atoms with Crippen molar-refractivity contribution in [1.29, 1.82) is 0 Å². The van der Waals surface area contributed by atoms with E-state index in [2.05, 4.69) is 181 Å². The van der Waals surface area contributed by atoms with Gasteiger partial charge in [-0.05, 0) is 186 Å². The van der Waals surface area contributed by atoms with E-state index in [0.717, 1.165) is 79.7 Å². The Morgan fingerprint density at radius 3 is 1.43 bits per heavy atom. The summed E-state index contributed by atoms with van der Waals surface area (Å²) in [6.07, 6.45) is 15.1. The van der Waals surface area contributed by atoms with Crippen LogP contribution >= 0.6 is 0 Å². The quantitative estimate of drug-likeness (QED) is 0.126. The number of aryl methyl sites for hydroxylation is 1. The topological polar surface area (TPSA) is 234 Å². The normalized spacial score (nSPS) is 21.7. The highest BCUT2D eigenvalue weighted by Crippen LogP contribution is 2.44. The van der Waals surface area contributed by atoms with Crippen LogP contribution in [0.2, 0.25) is 0 Å². The molecule has 2 fully saturated rings. The van der Waals surface area contributed by atoms with Gasteiger partial charge in [-0.25, -0.2) is 29.4 Å². The fraction of sp³-hybridized carbons (Fsp3) is 0.514. The Hall–Kier alpha value is -7.32. The van der Waals surface area contributed by atoms with Crippen LogP contribution in [-0.4, -0.2) is 82.7 Å². The van der Waals surface area contributed by atoms with Crippen LogP contribution in [0.3, 0.4) is 0 Å². The van der Waals surface area contributed by atoms with Crippen molar-refractivity contribution in [3.05, 3.63) is 148 Å². The van der Waals surface area contributed by atoms with Gasteiger partial charge in [0.2, 0.25) is 0 Å². The minimum atomic E-state index is -4.28. The third kappa shape index (κ3) is 16.4. The van der Waals surface area contributed by atoms with E-state index in [-0.39, 0.29) is 66.0 Å². The van der Waals surface area contributed by atoms with Crippen LogP contribution in [-0.2, 0) is 37.3 Å². The van der Waals surface area contributed by atoms with Crippen molar-refractivity contribution in [2.24, 2.45) is 22.7 Å². The molecule has 0 radical (unpaired) electrons. The van der Waals surface area contributed by atoms with Crippen molar-refractivity contribution < 1.29 is 26.4 Å². The molecule has 4 atom stereocenters. The molecule has 0 spiro atoms. The number of hydrogen-bond acceptors (Lipinski definition) is 16. The number of sulfonamides is 2. The van der Waals surface area contributed by atoms with Crippen LogP contribution in [0, 0.1) is 22.7 Å². The number of pyridine rings is 6. The summed E-state index contributed by atoms with van der Waals surface area (Å²) in [4.78, 5) is 60.1. The van der Waals surface area contributed by atoms with Gasteiger partial charge in [-0.3, -0.25) is 19.6 Å². The Labute approximate surface area is 534 Å². The first-order valence-corrected chi connectivity index (χ1v) is 34.6. The van der Waals surface area contributed by atoms with E-state index in [4.69, 9.17) is 19.9 Å². The number of anilines is 4. The Morgan fingerprint density at radius 2 is 1.00 bits per heavy atom. The molecule has 4 N–H and O–H groups in total. The van der Waals surface area contributed by atoms with Gasteiger partial charge in [0, 0.05) is 58.8 Å². The summed E-state index contributed by atoms with van der Waals surface area (Å²) in [5.74, 6) is 1.03. The maximum absolute atomic E-state index is 13.7. The summed E-state index contributed by atoms with van der Waals surface area (Å²) in [5, 5.41) is 6.49. The predicted molar refractivity (Wildman–Crippen MR) is 359 cm³/mol.